The Morgan fingerprint density at radius 3 is 2.47 bits per heavy atom. The van der Waals surface area contributed by atoms with Crippen LogP contribution in [0.3, 0.4) is 0 Å². The minimum atomic E-state index is 0. The normalized spacial score (nSPS) is 22.8. The van der Waals surface area contributed by atoms with Gasteiger partial charge >= 0.3 is 0 Å². The van der Waals surface area contributed by atoms with Crippen LogP contribution in [0.2, 0.25) is 0 Å². The van der Waals surface area contributed by atoms with E-state index in [9.17, 15) is 0 Å². The van der Waals surface area contributed by atoms with E-state index in [4.69, 9.17) is 5.73 Å². The fraction of sp³-hybridized carbons (Fsp3) is 0.600. The first kappa shape index (κ1) is 16.8. The lowest BCUT2D eigenvalue weighted by Gasteiger charge is -2.42. The average Bonchev–Trinajstić information content (AvgIpc) is 2.34. The van der Waals surface area contributed by atoms with Crippen molar-refractivity contribution in [3.63, 3.8) is 0 Å². The summed E-state index contributed by atoms with van der Waals surface area (Å²) in [5.74, 6) is 0. The lowest BCUT2D eigenvalue weighted by atomic mass is 9.79. The first-order valence-corrected chi connectivity index (χ1v) is 7.84. The van der Waals surface area contributed by atoms with Gasteiger partial charge in [-0.2, -0.15) is 0 Å². The van der Waals surface area contributed by atoms with Crippen molar-refractivity contribution in [3.05, 3.63) is 29.8 Å². The van der Waals surface area contributed by atoms with Crippen LogP contribution in [0.1, 0.15) is 25.8 Å². The molecule has 2 N–H and O–H groups in total. The molecule has 2 rings (SSSR count). The highest BCUT2D eigenvalue weighted by Gasteiger charge is 2.33. The van der Waals surface area contributed by atoms with E-state index < -0.39 is 0 Å². The molecule has 0 amide bonds. The summed E-state index contributed by atoms with van der Waals surface area (Å²) in [7, 11) is 0. The van der Waals surface area contributed by atoms with E-state index in [1.807, 2.05) is 0 Å². The van der Waals surface area contributed by atoms with Crippen LogP contribution >= 0.6 is 24.2 Å². The molecule has 1 fully saturated rings. The van der Waals surface area contributed by atoms with Crippen LogP contribution in [0.4, 0.5) is 0 Å². The predicted molar refractivity (Wildman–Crippen MR) is 87.1 cm³/mol. The molecule has 1 aromatic carbocycles. The molecular weight excluding hydrogens is 276 g/mol. The summed E-state index contributed by atoms with van der Waals surface area (Å²) in [4.78, 5) is 3.86. The first-order chi connectivity index (χ1) is 8.51. The molecule has 1 unspecified atom stereocenters. The quantitative estimate of drug-likeness (QED) is 0.868. The van der Waals surface area contributed by atoms with Crippen molar-refractivity contribution in [2.75, 3.05) is 19.3 Å². The van der Waals surface area contributed by atoms with E-state index in [2.05, 4.69) is 49.3 Å². The molecule has 1 saturated heterocycles. The van der Waals surface area contributed by atoms with E-state index in [1.54, 1.807) is 11.8 Å². The van der Waals surface area contributed by atoms with E-state index in [-0.39, 0.29) is 17.8 Å². The average molecular weight is 301 g/mol. The number of nitrogens with zero attached hydrogens (tertiary/aromatic N) is 1. The van der Waals surface area contributed by atoms with Crippen molar-refractivity contribution in [1.82, 2.24) is 4.90 Å². The lowest BCUT2D eigenvalue weighted by Crippen LogP contribution is -2.52. The van der Waals surface area contributed by atoms with E-state index in [0.29, 0.717) is 6.04 Å². The standard InChI is InChI=1S/C15H24N2S.ClH/c1-15(2)11-17(9-8-14(15)16)10-12-4-6-13(18-3)7-5-12;/h4-7,14H,8-11,16H2,1-3H3;1H. The maximum Gasteiger partial charge on any atom is 0.0234 e. The molecule has 4 heteroatoms. The van der Waals surface area contributed by atoms with Gasteiger partial charge in [-0.05, 0) is 35.8 Å². The number of hydrogen-bond donors (Lipinski definition) is 1. The van der Waals surface area contributed by atoms with E-state index in [1.165, 1.54) is 10.5 Å². The van der Waals surface area contributed by atoms with Crippen LogP contribution in [0.25, 0.3) is 0 Å². The Kier molecular flexibility index (Phi) is 6.18. The first-order valence-electron chi connectivity index (χ1n) is 6.62. The van der Waals surface area contributed by atoms with Crippen LogP contribution < -0.4 is 5.73 Å². The largest absolute Gasteiger partial charge is 0.327 e. The van der Waals surface area contributed by atoms with Gasteiger partial charge in [-0.25, -0.2) is 0 Å². The minimum Gasteiger partial charge on any atom is -0.327 e. The number of rotatable bonds is 3. The number of likely N-dealkylation sites (tertiary alicyclic amines) is 1. The molecule has 108 valence electrons. The third-order valence-corrected chi connectivity index (χ3v) is 4.70. The van der Waals surface area contributed by atoms with Crippen LogP contribution in [0.5, 0.6) is 0 Å². The number of nitrogens with two attached hydrogens (primary N) is 1. The topological polar surface area (TPSA) is 29.3 Å². The van der Waals surface area contributed by atoms with Gasteiger partial charge in [-0.3, -0.25) is 4.90 Å². The summed E-state index contributed by atoms with van der Waals surface area (Å²) >= 11 is 1.79. The molecule has 0 aromatic heterocycles. The molecule has 1 aliphatic rings. The fourth-order valence-corrected chi connectivity index (χ4v) is 3.02. The highest BCUT2D eigenvalue weighted by atomic mass is 35.5. The Bertz CT molecular complexity index is 392. The SMILES string of the molecule is CSc1ccc(CN2CCC(N)C(C)(C)C2)cc1.Cl. The molecule has 1 heterocycles. The van der Waals surface area contributed by atoms with Gasteiger partial charge < -0.3 is 5.73 Å². The molecule has 1 aromatic rings. The van der Waals surface area contributed by atoms with Crippen molar-refractivity contribution in [2.45, 2.75) is 37.8 Å². The van der Waals surface area contributed by atoms with E-state index >= 15 is 0 Å². The molecule has 0 saturated carbocycles. The number of halogens is 1. The van der Waals surface area contributed by atoms with Crippen LogP contribution in [0.15, 0.2) is 29.2 Å². The minimum absolute atomic E-state index is 0. The zero-order valence-electron chi connectivity index (χ0n) is 12.1. The van der Waals surface area contributed by atoms with Crippen molar-refractivity contribution < 1.29 is 0 Å². The monoisotopic (exact) mass is 300 g/mol. The summed E-state index contributed by atoms with van der Waals surface area (Å²) in [6.07, 6.45) is 3.22. The molecule has 2 nitrogen and oxygen atoms in total. The Labute approximate surface area is 127 Å². The van der Waals surface area contributed by atoms with Crippen molar-refractivity contribution in [1.29, 1.82) is 0 Å². The van der Waals surface area contributed by atoms with Gasteiger partial charge in [-0.15, -0.1) is 24.2 Å². The molecule has 1 aliphatic heterocycles. The number of hydrogen-bond acceptors (Lipinski definition) is 3. The van der Waals surface area contributed by atoms with Gasteiger partial charge in [0.2, 0.25) is 0 Å². The van der Waals surface area contributed by atoms with E-state index in [0.717, 1.165) is 26.1 Å². The van der Waals surface area contributed by atoms with Gasteiger partial charge in [0.25, 0.3) is 0 Å². The summed E-state index contributed by atoms with van der Waals surface area (Å²) in [5.41, 5.74) is 7.81. The number of thioether (sulfide) groups is 1. The van der Waals surface area contributed by atoms with Crippen molar-refractivity contribution in [2.24, 2.45) is 11.1 Å². The summed E-state index contributed by atoms with van der Waals surface area (Å²) in [6.45, 7) is 7.82. The molecular formula is C15H25ClN2S. The van der Waals surface area contributed by atoms with Crippen LogP contribution in [0, 0.1) is 5.41 Å². The van der Waals surface area contributed by atoms with Gasteiger partial charge in [-0.1, -0.05) is 26.0 Å². The Hall–Kier alpha value is -0.220. The summed E-state index contributed by atoms with van der Waals surface area (Å²) < 4.78 is 0. The molecule has 0 spiro atoms. The maximum atomic E-state index is 6.18. The van der Waals surface area contributed by atoms with Gasteiger partial charge in [0, 0.05) is 30.6 Å². The maximum absolute atomic E-state index is 6.18. The van der Waals surface area contributed by atoms with Gasteiger partial charge in [0.05, 0.1) is 0 Å². The second-order valence-electron chi connectivity index (χ2n) is 5.94. The molecule has 0 radical (unpaired) electrons. The smallest absolute Gasteiger partial charge is 0.0234 e. The zero-order valence-corrected chi connectivity index (χ0v) is 13.7. The second-order valence-corrected chi connectivity index (χ2v) is 6.82. The summed E-state index contributed by atoms with van der Waals surface area (Å²) in [6, 6.07) is 9.25. The molecule has 1 atom stereocenters. The van der Waals surface area contributed by atoms with Gasteiger partial charge in [0.15, 0.2) is 0 Å². The lowest BCUT2D eigenvalue weighted by molar-refractivity contribution is 0.0899. The Balaban J connectivity index is 0.00000180. The Morgan fingerprint density at radius 1 is 1.32 bits per heavy atom. The van der Waals surface area contributed by atoms with Crippen molar-refractivity contribution >= 4 is 24.2 Å². The highest BCUT2D eigenvalue weighted by molar-refractivity contribution is 7.98. The molecule has 0 bridgehead atoms. The molecule has 19 heavy (non-hydrogen) atoms. The van der Waals surface area contributed by atoms with Gasteiger partial charge in [0.1, 0.15) is 0 Å². The summed E-state index contributed by atoms with van der Waals surface area (Å²) in [5, 5.41) is 0. The van der Waals surface area contributed by atoms with Crippen LogP contribution in [-0.2, 0) is 6.54 Å². The van der Waals surface area contributed by atoms with Crippen LogP contribution in [-0.4, -0.2) is 30.3 Å². The highest BCUT2D eigenvalue weighted by Crippen LogP contribution is 2.28. The fourth-order valence-electron chi connectivity index (χ4n) is 2.61. The number of benzene rings is 1. The molecule has 0 aliphatic carbocycles. The van der Waals surface area contributed by atoms with Crippen molar-refractivity contribution in [3.8, 4) is 0 Å². The number of piperidine rings is 1. The second kappa shape index (κ2) is 6.98. The predicted octanol–water partition coefficient (Wildman–Crippen LogP) is 3.39. The third kappa shape index (κ3) is 4.38. The Morgan fingerprint density at radius 2 is 1.95 bits per heavy atom. The third-order valence-electron chi connectivity index (χ3n) is 3.96. The zero-order chi connectivity index (χ0) is 13.2.